The summed E-state index contributed by atoms with van der Waals surface area (Å²) in [7, 11) is 6.93. The summed E-state index contributed by atoms with van der Waals surface area (Å²) >= 11 is 0. The minimum Gasteiger partial charge on any atom is -0.484 e. The number of nitrogens with one attached hydrogen (secondary N) is 2. The molecule has 0 bridgehead atoms. The van der Waals surface area contributed by atoms with E-state index in [-0.39, 0.29) is 36.5 Å². The van der Waals surface area contributed by atoms with Crippen LogP contribution in [-0.4, -0.2) is 51.6 Å². The van der Waals surface area contributed by atoms with E-state index in [9.17, 15) is 4.79 Å². The lowest BCUT2D eigenvalue weighted by Gasteiger charge is -2.12. The Morgan fingerprint density at radius 2 is 2.10 bits per heavy atom. The molecule has 0 spiro atoms. The number of guanidine groups is 1. The van der Waals surface area contributed by atoms with Crippen molar-refractivity contribution in [1.29, 1.82) is 0 Å². The summed E-state index contributed by atoms with van der Waals surface area (Å²) in [5.41, 5.74) is 1.05. The van der Waals surface area contributed by atoms with Gasteiger partial charge < -0.3 is 20.3 Å². The molecular formula is C14H23IN4O2. The number of aliphatic imine (C=N–C) groups is 1. The number of benzene rings is 1. The molecule has 21 heavy (non-hydrogen) atoms. The zero-order chi connectivity index (χ0) is 15.0. The molecule has 1 aromatic carbocycles. The summed E-state index contributed by atoms with van der Waals surface area (Å²) in [4.78, 5) is 17.0. The first-order valence-corrected chi connectivity index (χ1v) is 6.37. The monoisotopic (exact) mass is 406 g/mol. The second-order valence-electron chi connectivity index (χ2n) is 4.40. The minimum absolute atomic E-state index is 0. The van der Waals surface area contributed by atoms with E-state index in [1.165, 1.54) is 4.90 Å². The molecule has 7 heteroatoms. The lowest BCUT2D eigenvalue weighted by Crippen LogP contribution is -2.34. The maximum Gasteiger partial charge on any atom is 0.259 e. The van der Waals surface area contributed by atoms with Crippen molar-refractivity contribution in [3.05, 3.63) is 29.8 Å². The summed E-state index contributed by atoms with van der Waals surface area (Å²) in [6.45, 7) is 0.675. The van der Waals surface area contributed by atoms with Crippen LogP contribution in [0.4, 0.5) is 0 Å². The smallest absolute Gasteiger partial charge is 0.259 e. The third-order valence-electron chi connectivity index (χ3n) is 2.68. The quantitative estimate of drug-likeness (QED) is 0.436. The number of rotatable bonds is 5. The maximum absolute atomic E-state index is 11.5. The van der Waals surface area contributed by atoms with Crippen molar-refractivity contribution in [2.75, 3.05) is 34.8 Å². The molecule has 0 aliphatic heterocycles. The van der Waals surface area contributed by atoms with Crippen molar-refractivity contribution in [3.8, 4) is 5.75 Å². The van der Waals surface area contributed by atoms with Gasteiger partial charge in [-0.2, -0.15) is 0 Å². The number of nitrogens with zero attached hydrogens (tertiary/aromatic N) is 2. The number of halogens is 1. The fourth-order valence-electron chi connectivity index (χ4n) is 1.48. The molecule has 6 nitrogen and oxygen atoms in total. The molecule has 0 heterocycles. The Kier molecular flexibility index (Phi) is 9.51. The number of hydrogen-bond donors (Lipinski definition) is 2. The number of carbonyl (C=O) groups excluding carboxylic acids is 1. The zero-order valence-corrected chi connectivity index (χ0v) is 15.2. The first-order valence-electron chi connectivity index (χ1n) is 6.37. The van der Waals surface area contributed by atoms with Crippen LogP contribution in [0.15, 0.2) is 29.3 Å². The van der Waals surface area contributed by atoms with Gasteiger partial charge in [0.1, 0.15) is 5.75 Å². The molecule has 2 N–H and O–H groups in total. The van der Waals surface area contributed by atoms with Gasteiger partial charge >= 0.3 is 0 Å². The number of likely N-dealkylation sites (N-methyl/N-ethyl adjacent to an activating group) is 1. The molecular weight excluding hydrogens is 383 g/mol. The van der Waals surface area contributed by atoms with Gasteiger partial charge in [0.05, 0.1) is 0 Å². The minimum atomic E-state index is -0.0656. The van der Waals surface area contributed by atoms with E-state index in [2.05, 4.69) is 15.6 Å². The van der Waals surface area contributed by atoms with Gasteiger partial charge in [-0.25, -0.2) is 0 Å². The second kappa shape index (κ2) is 10.3. The number of ether oxygens (including phenoxy) is 1. The molecule has 0 unspecified atom stereocenters. The van der Waals surface area contributed by atoms with E-state index in [4.69, 9.17) is 4.74 Å². The first kappa shape index (κ1) is 19.5. The Hall–Kier alpha value is -1.51. The van der Waals surface area contributed by atoms with Crippen molar-refractivity contribution >= 4 is 35.8 Å². The fourth-order valence-corrected chi connectivity index (χ4v) is 1.48. The van der Waals surface area contributed by atoms with Gasteiger partial charge in [0.25, 0.3) is 5.91 Å². The van der Waals surface area contributed by atoms with Gasteiger partial charge in [-0.3, -0.25) is 9.79 Å². The Balaban J connectivity index is 0.00000400. The van der Waals surface area contributed by atoms with Crippen LogP contribution in [0.3, 0.4) is 0 Å². The van der Waals surface area contributed by atoms with Gasteiger partial charge in [-0.1, -0.05) is 12.1 Å². The van der Waals surface area contributed by atoms with E-state index in [1.54, 1.807) is 21.1 Å². The van der Waals surface area contributed by atoms with Crippen LogP contribution in [-0.2, 0) is 11.3 Å². The van der Waals surface area contributed by atoms with E-state index >= 15 is 0 Å². The largest absolute Gasteiger partial charge is 0.484 e. The molecule has 118 valence electrons. The summed E-state index contributed by atoms with van der Waals surface area (Å²) in [6, 6.07) is 7.61. The van der Waals surface area contributed by atoms with Crippen LogP contribution in [0.25, 0.3) is 0 Å². The predicted molar refractivity (Wildman–Crippen MR) is 95.3 cm³/mol. The number of carbonyl (C=O) groups is 1. The maximum atomic E-state index is 11.5. The lowest BCUT2D eigenvalue weighted by atomic mass is 10.2. The molecule has 1 aromatic rings. The highest BCUT2D eigenvalue weighted by molar-refractivity contribution is 14.0. The Morgan fingerprint density at radius 1 is 1.38 bits per heavy atom. The van der Waals surface area contributed by atoms with Crippen LogP contribution in [0, 0.1) is 0 Å². The summed E-state index contributed by atoms with van der Waals surface area (Å²) < 4.78 is 5.46. The molecule has 0 saturated carbocycles. The summed E-state index contributed by atoms with van der Waals surface area (Å²) in [5.74, 6) is 1.34. The van der Waals surface area contributed by atoms with Crippen LogP contribution in [0.1, 0.15) is 5.56 Å². The van der Waals surface area contributed by atoms with Crippen LogP contribution < -0.4 is 15.4 Å². The van der Waals surface area contributed by atoms with Crippen LogP contribution in [0.5, 0.6) is 5.75 Å². The van der Waals surface area contributed by atoms with Crippen molar-refractivity contribution in [1.82, 2.24) is 15.5 Å². The van der Waals surface area contributed by atoms with Crippen molar-refractivity contribution in [2.45, 2.75) is 6.54 Å². The van der Waals surface area contributed by atoms with E-state index < -0.39 is 0 Å². The molecule has 0 aliphatic carbocycles. The number of hydrogen-bond acceptors (Lipinski definition) is 3. The fraction of sp³-hybridized carbons (Fsp3) is 0.429. The van der Waals surface area contributed by atoms with Gasteiger partial charge in [0.15, 0.2) is 12.6 Å². The third kappa shape index (κ3) is 7.16. The average molecular weight is 406 g/mol. The molecule has 0 aromatic heterocycles. The lowest BCUT2D eigenvalue weighted by molar-refractivity contribution is -0.130. The van der Waals surface area contributed by atoms with Gasteiger partial charge in [-0.05, 0) is 17.7 Å². The molecule has 0 radical (unpaired) electrons. The van der Waals surface area contributed by atoms with Gasteiger partial charge in [0, 0.05) is 34.7 Å². The standard InChI is InChI=1S/C14H22N4O2.HI/c1-15-14(16-2)17-9-11-6-5-7-12(8-11)20-10-13(19)18(3)4;/h5-8H,9-10H2,1-4H3,(H2,15,16,17);1H. The molecule has 1 amide bonds. The average Bonchev–Trinajstić information content (AvgIpc) is 2.46. The topological polar surface area (TPSA) is 66.0 Å². The van der Waals surface area contributed by atoms with Crippen molar-refractivity contribution < 1.29 is 9.53 Å². The Labute approximate surface area is 143 Å². The molecule has 0 atom stereocenters. The first-order chi connectivity index (χ1) is 9.56. The Morgan fingerprint density at radius 3 is 2.67 bits per heavy atom. The van der Waals surface area contributed by atoms with Crippen LogP contribution in [0.2, 0.25) is 0 Å². The molecule has 0 fully saturated rings. The molecule has 0 saturated heterocycles. The highest BCUT2D eigenvalue weighted by Gasteiger charge is 2.05. The summed E-state index contributed by atoms with van der Waals surface area (Å²) in [6.07, 6.45) is 0. The molecule has 1 rings (SSSR count). The Bertz CT molecular complexity index is 478. The van der Waals surface area contributed by atoms with Gasteiger partial charge in [0.2, 0.25) is 0 Å². The van der Waals surface area contributed by atoms with E-state index in [1.807, 2.05) is 31.3 Å². The third-order valence-corrected chi connectivity index (χ3v) is 2.68. The normalized spacial score (nSPS) is 10.4. The molecule has 0 aliphatic rings. The van der Waals surface area contributed by atoms with Crippen molar-refractivity contribution in [3.63, 3.8) is 0 Å². The van der Waals surface area contributed by atoms with E-state index in [0.717, 1.165) is 11.5 Å². The SMILES string of the molecule is CN=C(NC)NCc1cccc(OCC(=O)N(C)C)c1.I. The predicted octanol–water partition coefficient (Wildman–Crippen LogP) is 1.07. The van der Waals surface area contributed by atoms with Crippen LogP contribution >= 0.6 is 24.0 Å². The van der Waals surface area contributed by atoms with E-state index in [0.29, 0.717) is 12.3 Å². The highest BCUT2D eigenvalue weighted by Crippen LogP contribution is 2.13. The van der Waals surface area contributed by atoms with Gasteiger partial charge in [-0.15, -0.1) is 24.0 Å². The van der Waals surface area contributed by atoms with Crippen molar-refractivity contribution in [2.24, 2.45) is 4.99 Å². The summed E-state index contributed by atoms with van der Waals surface area (Å²) in [5, 5.41) is 6.10. The second-order valence-corrected chi connectivity index (χ2v) is 4.40. The highest BCUT2D eigenvalue weighted by atomic mass is 127. The number of amides is 1. The zero-order valence-electron chi connectivity index (χ0n) is 12.8.